The molecule has 27 heavy (non-hydrogen) atoms. The molecule has 0 fully saturated rings. The van der Waals surface area contributed by atoms with Crippen molar-refractivity contribution < 1.29 is 28.4 Å². The second kappa shape index (κ2) is 5.76. The lowest BCUT2D eigenvalue weighted by atomic mass is 9.87. The Morgan fingerprint density at radius 3 is 2.67 bits per heavy atom. The summed E-state index contributed by atoms with van der Waals surface area (Å²) in [4.78, 5) is 0. The van der Waals surface area contributed by atoms with E-state index in [4.69, 9.17) is 28.4 Å². The van der Waals surface area contributed by atoms with Crippen LogP contribution in [-0.4, -0.2) is 27.2 Å². The van der Waals surface area contributed by atoms with Crippen molar-refractivity contribution >= 4 is 0 Å². The van der Waals surface area contributed by atoms with Gasteiger partial charge in [0, 0.05) is 7.11 Å². The number of benzene rings is 2. The van der Waals surface area contributed by atoms with E-state index >= 15 is 0 Å². The minimum atomic E-state index is -0.531. The summed E-state index contributed by atoms with van der Waals surface area (Å²) in [5.74, 6) is 3.02. The molecule has 0 aromatic heterocycles. The smallest absolute Gasteiger partial charge is 0.231 e. The molecule has 0 radical (unpaired) electrons. The van der Waals surface area contributed by atoms with Gasteiger partial charge >= 0.3 is 0 Å². The fraction of sp³-hybridized carbons (Fsp3) is 0.400. The van der Waals surface area contributed by atoms with Crippen molar-refractivity contribution in [1.29, 1.82) is 0 Å². The summed E-state index contributed by atoms with van der Waals surface area (Å²) in [7, 11) is 1.65. The van der Waals surface area contributed by atoms with Crippen molar-refractivity contribution in [2.45, 2.75) is 24.9 Å². The van der Waals surface area contributed by atoms with E-state index in [-0.39, 0.29) is 25.7 Å². The van der Waals surface area contributed by atoms with Gasteiger partial charge in [0.2, 0.25) is 13.6 Å². The van der Waals surface area contributed by atoms with Crippen LogP contribution >= 0.6 is 0 Å². The molecule has 0 saturated carbocycles. The Balaban J connectivity index is 1.51. The van der Waals surface area contributed by atoms with Crippen molar-refractivity contribution in [3.8, 4) is 23.0 Å². The van der Waals surface area contributed by atoms with E-state index in [0.717, 1.165) is 52.7 Å². The Morgan fingerprint density at radius 2 is 1.78 bits per heavy atom. The summed E-state index contributed by atoms with van der Waals surface area (Å²) in [5.41, 5.74) is 4.34. The monoisotopic (exact) mass is 369 g/mol. The third-order valence-electron chi connectivity index (χ3n) is 5.67. The normalized spacial score (nSPS) is 26.8. The molecular weight excluding hydrogens is 350 g/mol. The van der Waals surface area contributed by atoms with Gasteiger partial charge in [-0.1, -0.05) is 6.07 Å². The van der Waals surface area contributed by atoms with Crippen molar-refractivity contribution in [3.05, 3.63) is 46.5 Å². The molecule has 0 bridgehead atoms. The van der Waals surface area contributed by atoms with Crippen LogP contribution in [0.25, 0.3) is 0 Å². The van der Waals surface area contributed by atoms with Gasteiger partial charge in [-0.2, -0.15) is 0 Å². The van der Waals surface area contributed by atoms with Crippen LogP contribution in [0.1, 0.15) is 40.7 Å². The first-order chi connectivity index (χ1) is 13.3. The highest BCUT2D eigenvalue weighted by Crippen LogP contribution is 2.53. The van der Waals surface area contributed by atoms with Gasteiger partial charge in [-0.3, -0.25) is 0 Å². The maximum atomic E-state index is 6.44. The quantitative estimate of drug-likeness (QED) is 0.829. The van der Waals surface area contributed by atoms with Crippen molar-refractivity contribution in [2.24, 2.45) is 0 Å². The fourth-order valence-electron chi connectivity index (χ4n) is 4.45. The number of hydrogen-bond acceptors (Lipinski definition) is 7. The highest BCUT2D eigenvalue weighted by atomic mass is 16.7. The zero-order chi connectivity index (χ0) is 18.0. The van der Waals surface area contributed by atoms with Crippen molar-refractivity contribution in [2.75, 3.05) is 27.2 Å². The summed E-state index contributed by atoms with van der Waals surface area (Å²) >= 11 is 0. The van der Waals surface area contributed by atoms with Gasteiger partial charge in [-0.15, -0.1) is 0 Å². The Hall–Kier alpha value is -2.48. The predicted molar refractivity (Wildman–Crippen MR) is 93.2 cm³/mol. The molecule has 6 rings (SSSR count). The Labute approximate surface area is 156 Å². The van der Waals surface area contributed by atoms with Gasteiger partial charge in [0.25, 0.3) is 0 Å². The summed E-state index contributed by atoms with van der Waals surface area (Å²) in [6.07, 6.45) is 0.158. The molecule has 140 valence electrons. The topological polar surface area (TPSA) is 67.4 Å². The number of hydrogen-bond donors (Lipinski definition) is 1. The number of fused-ring (bicyclic) bond motifs is 8. The largest absolute Gasteiger partial charge is 0.454 e. The van der Waals surface area contributed by atoms with Crippen LogP contribution in [0.2, 0.25) is 0 Å². The molecule has 4 aliphatic heterocycles. The third-order valence-corrected chi connectivity index (χ3v) is 5.67. The number of nitrogens with one attached hydrogen (secondary N) is 1. The van der Waals surface area contributed by atoms with Crippen LogP contribution in [0.15, 0.2) is 24.3 Å². The highest BCUT2D eigenvalue weighted by molar-refractivity contribution is 5.56. The van der Waals surface area contributed by atoms with E-state index in [1.165, 1.54) is 5.56 Å². The second-order valence-electron chi connectivity index (χ2n) is 7.01. The SMILES string of the molecule is CO[C@H]1O[C@@H]2c3cc4c(cc3CCN[C@@H]2c2ccc3c(c21)OCO3)OCO4. The molecule has 4 heterocycles. The van der Waals surface area contributed by atoms with E-state index < -0.39 is 6.29 Å². The van der Waals surface area contributed by atoms with Crippen molar-refractivity contribution in [3.63, 3.8) is 0 Å². The second-order valence-corrected chi connectivity index (χ2v) is 7.01. The minimum Gasteiger partial charge on any atom is -0.454 e. The summed E-state index contributed by atoms with van der Waals surface area (Å²) in [6.45, 7) is 1.32. The molecular formula is C20H19NO6. The molecule has 1 N–H and O–H groups in total. The Morgan fingerprint density at radius 1 is 0.963 bits per heavy atom. The number of ether oxygens (including phenoxy) is 6. The van der Waals surface area contributed by atoms with Gasteiger partial charge in [-0.05, 0) is 47.9 Å². The molecule has 0 amide bonds. The molecule has 7 heteroatoms. The van der Waals surface area contributed by atoms with Crippen LogP contribution in [-0.2, 0) is 15.9 Å². The average molecular weight is 369 g/mol. The Bertz CT molecular complexity index is 929. The first-order valence-electron chi connectivity index (χ1n) is 9.10. The summed E-state index contributed by atoms with van der Waals surface area (Å²) in [6, 6.07) is 8.15. The molecule has 3 atom stereocenters. The van der Waals surface area contributed by atoms with Gasteiger partial charge in [0.1, 0.15) is 6.10 Å². The zero-order valence-electron chi connectivity index (χ0n) is 14.8. The molecule has 0 saturated heterocycles. The van der Waals surface area contributed by atoms with Gasteiger partial charge in [0.05, 0.1) is 11.6 Å². The van der Waals surface area contributed by atoms with E-state index in [9.17, 15) is 0 Å². The molecule has 2 aromatic rings. The molecule has 4 aliphatic rings. The lowest BCUT2D eigenvalue weighted by Crippen LogP contribution is -2.34. The average Bonchev–Trinajstić information content (AvgIpc) is 3.31. The van der Waals surface area contributed by atoms with Crippen molar-refractivity contribution in [1.82, 2.24) is 5.32 Å². The molecule has 0 aliphatic carbocycles. The van der Waals surface area contributed by atoms with E-state index in [1.807, 2.05) is 12.1 Å². The summed E-state index contributed by atoms with van der Waals surface area (Å²) in [5, 5.41) is 3.64. The standard InChI is InChI=1S/C20H19NO6/c1-22-20-16-11(2-3-13-19(16)26-9-23-13)17-18(27-20)12-7-15-14(24-8-25-15)6-10(12)4-5-21-17/h2-3,6-7,17-18,20-21H,4-5,8-9H2,1H3/t17-,18-,20+/m1/s1. The molecule has 0 spiro atoms. The molecule has 2 aromatic carbocycles. The lowest BCUT2D eigenvalue weighted by Gasteiger charge is -2.38. The highest BCUT2D eigenvalue weighted by Gasteiger charge is 2.42. The van der Waals surface area contributed by atoms with Gasteiger partial charge < -0.3 is 33.7 Å². The first kappa shape index (κ1) is 15.6. The van der Waals surface area contributed by atoms with Crippen LogP contribution in [0, 0.1) is 0 Å². The Kier molecular flexibility index (Phi) is 3.32. The third kappa shape index (κ3) is 2.19. The van der Waals surface area contributed by atoms with Crippen LogP contribution in [0.5, 0.6) is 23.0 Å². The molecule has 0 unspecified atom stereocenters. The van der Waals surface area contributed by atoms with Gasteiger partial charge in [0.15, 0.2) is 29.3 Å². The van der Waals surface area contributed by atoms with Crippen LogP contribution < -0.4 is 24.3 Å². The first-order valence-corrected chi connectivity index (χ1v) is 9.10. The van der Waals surface area contributed by atoms with E-state index in [1.54, 1.807) is 7.11 Å². The lowest BCUT2D eigenvalue weighted by molar-refractivity contribution is -0.181. The fourth-order valence-corrected chi connectivity index (χ4v) is 4.45. The number of rotatable bonds is 1. The van der Waals surface area contributed by atoms with Gasteiger partial charge in [-0.25, -0.2) is 0 Å². The zero-order valence-corrected chi connectivity index (χ0v) is 14.8. The predicted octanol–water partition coefficient (Wildman–Crippen LogP) is 2.75. The van der Waals surface area contributed by atoms with Crippen LogP contribution in [0.4, 0.5) is 0 Å². The minimum absolute atomic E-state index is 0.0116. The maximum Gasteiger partial charge on any atom is 0.231 e. The van der Waals surface area contributed by atoms with Crippen LogP contribution in [0.3, 0.4) is 0 Å². The summed E-state index contributed by atoms with van der Waals surface area (Å²) < 4.78 is 34.6. The van der Waals surface area contributed by atoms with E-state index in [2.05, 4.69) is 17.4 Å². The van der Waals surface area contributed by atoms with E-state index in [0.29, 0.717) is 0 Å². The maximum absolute atomic E-state index is 6.44. The molecule has 7 nitrogen and oxygen atoms in total. The number of methoxy groups -OCH3 is 1.